The van der Waals surface area contributed by atoms with Crippen molar-refractivity contribution in [3.63, 3.8) is 0 Å². The van der Waals surface area contributed by atoms with Crippen LogP contribution in [-0.2, 0) is 4.74 Å². The van der Waals surface area contributed by atoms with Gasteiger partial charge in [-0.15, -0.1) is 10.2 Å². The predicted molar refractivity (Wildman–Crippen MR) is 99.4 cm³/mol. The first-order chi connectivity index (χ1) is 12.8. The molecular formula is C18H20N4O3S. The van der Waals surface area contributed by atoms with Gasteiger partial charge in [0.1, 0.15) is 5.75 Å². The van der Waals surface area contributed by atoms with Crippen LogP contribution in [0.2, 0.25) is 0 Å². The summed E-state index contributed by atoms with van der Waals surface area (Å²) in [5.74, 6) is 2.14. The molecule has 0 bridgehead atoms. The Hall–Kier alpha value is -2.32. The largest absolute Gasteiger partial charge is 0.497 e. The second kappa shape index (κ2) is 7.51. The summed E-state index contributed by atoms with van der Waals surface area (Å²) in [5, 5.41) is 9.05. The van der Waals surface area contributed by atoms with Crippen LogP contribution in [0.15, 0.2) is 46.6 Å². The van der Waals surface area contributed by atoms with Gasteiger partial charge in [-0.2, -0.15) is 0 Å². The van der Waals surface area contributed by atoms with Crippen molar-refractivity contribution in [3.8, 4) is 11.4 Å². The molecule has 1 unspecified atom stereocenters. The third-order valence-electron chi connectivity index (χ3n) is 4.47. The lowest BCUT2D eigenvalue weighted by molar-refractivity contribution is 0.0632. The highest BCUT2D eigenvalue weighted by Crippen LogP contribution is 2.24. The van der Waals surface area contributed by atoms with Crippen LogP contribution in [0.1, 0.15) is 12.8 Å². The molecule has 8 heteroatoms. The van der Waals surface area contributed by atoms with Gasteiger partial charge in [0.05, 0.1) is 19.4 Å². The highest BCUT2D eigenvalue weighted by Gasteiger charge is 2.17. The summed E-state index contributed by atoms with van der Waals surface area (Å²) in [4.78, 5) is 12.8. The van der Waals surface area contributed by atoms with Crippen LogP contribution in [0.4, 0.5) is 0 Å². The molecular weight excluding hydrogens is 352 g/mol. The van der Waals surface area contributed by atoms with Crippen molar-refractivity contribution in [3.05, 3.63) is 47.0 Å². The van der Waals surface area contributed by atoms with E-state index in [2.05, 4.69) is 10.2 Å². The van der Waals surface area contributed by atoms with E-state index in [9.17, 15) is 4.79 Å². The number of nitrogens with zero attached hydrogens (tertiary/aromatic N) is 4. The lowest BCUT2D eigenvalue weighted by Gasteiger charge is -2.20. The predicted octanol–water partition coefficient (Wildman–Crippen LogP) is 2.41. The van der Waals surface area contributed by atoms with Crippen molar-refractivity contribution < 1.29 is 9.47 Å². The minimum atomic E-state index is -0.207. The molecule has 1 atom stereocenters. The summed E-state index contributed by atoms with van der Waals surface area (Å²) < 4.78 is 14.1. The number of thioether (sulfide) groups is 1. The molecule has 3 heterocycles. The van der Waals surface area contributed by atoms with Gasteiger partial charge in [-0.3, -0.25) is 13.8 Å². The summed E-state index contributed by atoms with van der Waals surface area (Å²) >= 11 is 1.62. The number of aromatic nitrogens is 4. The third-order valence-corrected chi connectivity index (χ3v) is 5.65. The van der Waals surface area contributed by atoms with Gasteiger partial charge in [0.25, 0.3) is 0 Å². The zero-order valence-corrected chi connectivity index (χ0v) is 15.3. The Morgan fingerprint density at radius 3 is 3.08 bits per heavy atom. The number of ether oxygens (including phenoxy) is 2. The van der Waals surface area contributed by atoms with Crippen LogP contribution in [0.3, 0.4) is 0 Å². The Morgan fingerprint density at radius 2 is 2.27 bits per heavy atom. The minimum Gasteiger partial charge on any atom is -0.497 e. The van der Waals surface area contributed by atoms with E-state index in [0.717, 1.165) is 36.2 Å². The summed E-state index contributed by atoms with van der Waals surface area (Å²) in [6.45, 7) is 1.66. The summed E-state index contributed by atoms with van der Waals surface area (Å²) in [6.07, 6.45) is 5.85. The van der Waals surface area contributed by atoms with Crippen LogP contribution >= 0.6 is 11.8 Å². The van der Waals surface area contributed by atoms with Crippen LogP contribution in [0, 0.1) is 5.92 Å². The van der Waals surface area contributed by atoms with Crippen LogP contribution in [0.25, 0.3) is 11.3 Å². The number of rotatable bonds is 5. The molecule has 4 rings (SSSR count). The fourth-order valence-electron chi connectivity index (χ4n) is 3.06. The Kier molecular flexibility index (Phi) is 4.94. The van der Waals surface area contributed by atoms with E-state index >= 15 is 0 Å². The highest BCUT2D eigenvalue weighted by molar-refractivity contribution is 7.99. The van der Waals surface area contributed by atoms with E-state index < -0.39 is 0 Å². The standard InChI is InChI=1S/C18H20N4O3S/c1-24-15-6-2-5-14(10-15)21-7-8-22-16(17(21)23)19-20-18(22)26-12-13-4-3-9-25-11-13/h2,5-8,10,13H,3-4,9,11-12H2,1H3. The molecule has 0 N–H and O–H groups in total. The number of fused-ring (bicyclic) bond motifs is 1. The van der Waals surface area contributed by atoms with Gasteiger partial charge < -0.3 is 9.47 Å². The molecule has 26 heavy (non-hydrogen) atoms. The summed E-state index contributed by atoms with van der Waals surface area (Å²) in [7, 11) is 1.60. The van der Waals surface area contributed by atoms with Crippen molar-refractivity contribution in [2.24, 2.45) is 5.92 Å². The minimum absolute atomic E-state index is 0.207. The van der Waals surface area contributed by atoms with E-state index in [1.807, 2.05) is 30.5 Å². The smallest absolute Gasteiger partial charge is 0.300 e. The van der Waals surface area contributed by atoms with Gasteiger partial charge in [0.15, 0.2) is 5.16 Å². The van der Waals surface area contributed by atoms with Gasteiger partial charge in [0, 0.05) is 30.8 Å². The normalized spacial score (nSPS) is 17.5. The molecule has 1 saturated heterocycles. The molecule has 0 spiro atoms. The molecule has 1 aromatic carbocycles. The SMILES string of the molecule is COc1cccc(-n2ccn3c(SCC4CCCOC4)nnc3c2=O)c1. The lowest BCUT2D eigenvalue weighted by atomic mass is 10.1. The van der Waals surface area contributed by atoms with Gasteiger partial charge in [-0.1, -0.05) is 17.8 Å². The summed E-state index contributed by atoms with van der Waals surface area (Å²) in [6, 6.07) is 7.36. The fraction of sp³-hybridized carbons (Fsp3) is 0.389. The molecule has 7 nitrogen and oxygen atoms in total. The first-order valence-corrected chi connectivity index (χ1v) is 9.56. The van der Waals surface area contributed by atoms with Crippen molar-refractivity contribution in [2.45, 2.75) is 18.0 Å². The topological polar surface area (TPSA) is 70.7 Å². The molecule has 1 aliphatic rings. The number of methoxy groups -OCH3 is 1. The maximum absolute atomic E-state index is 12.8. The first-order valence-electron chi connectivity index (χ1n) is 8.57. The van der Waals surface area contributed by atoms with Crippen LogP contribution < -0.4 is 10.3 Å². The maximum atomic E-state index is 12.8. The Morgan fingerprint density at radius 1 is 1.35 bits per heavy atom. The van der Waals surface area contributed by atoms with E-state index in [0.29, 0.717) is 17.3 Å². The van der Waals surface area contributed by atoms with Crippen molar-refractivity contribution in [1.82, 2.24) is 19.2 Å². The molecule has 0 aliphatic carbocycles. The number of hydrogen-bond acceptors (Lipinski definition) is 6. The van der Waals surface area contributed by atoms with Crippen molar-refractivity contribution >= 4 is 17.4 Å². The van der Waals surface area contributed by atoms with Gasteiger partial charge in [-0.05, 0) is 30.9 Å². The Labute approximate surface area is 155 Å². The second-order valence-electron chi connectivity index (χ2n) is 6.25. The average molecular weight is 372 g/mol. The molecule has 0 amide bonds. The number of hydrogen-bond donors (Lipinski definition) is 0. The van der Waals surface area contributed by atoms with Gasteiger partial charge in [-0.25, -0.2) is 0 Å². The zero-order valence-electron chi connectivity index (χ0n) is 14.5. The number of benzene rings is 1. The quantitative estimate of drug-likeness (QED) is 0.641. The third kappa shape index (κ3) is 3.34. The van der Waals surface area contributed by atoms with Crippen LogP contribution in [-0.4, -0.2) is 45.2 Å². The highest BCUT2D eigenvalue weighted by atomic mass is 32.2. The second-order valence-corrected chi connectivity index (χ2v) is 7.23. The van der Waals surface area contributed by atoms with Gasteiger partial charge >= 0.3 is 5.56 Å². The summed E-state index contributed by atoms with van der Waals surface area (Å²) in [5.41, 5.74) is 0.840. The van der Waals surface area contributed by atoms with E-state index in [1.54, 1.807) is 34.0 Å². The monoisotopic (exact) mass is 372 g/mol. The van der Waals surface area contributed by atoms with E-state index in [1.165, 1.54) is 6.42 Å². The average Bonchev–Trinajstić information content (AvgIpc) is 3.11. The molecule has 1 fully saturated rings. The van der Waals surface area contributed by atoms with E-state index in [4.69, 9.17) is 9.47 Å². The molecule has 136 valence electrons. The molecule has 0 saturated carbocycles. The fourth-order valence-corrected chi connectivity index (χ4v) is 4.09. The molecule has 3 aromatic rings. The Bertz CT molecular complexity index is 962. The molecule has 0 radical (unpaired) electrons. The lowest BCUT2D eigenvalue weighted by Crippen LogP contribution is -2.20. The van der Waals surface area contributed by atoms with Crippen LogP contribution in [0.5, 0.6) is 5.75 Å². The molecule has 1 aliphatic heterocycles. The van der Waals surface area contributed by atoms with E-state index in [-0.39, 0.29) is 5.56 Å². The zero-order chi connectivity index (χ0) is 17.9. The van der Waals surface area contributed by atoms with Crippen molar-refractivity contribution in [2.75, 3.05) is 26.1 Å². The van der Waals surface area contributed by atoms with Gasteiger partial charge in [0.2, 0.25) is 5.65 Å². The molecule has 2 aromatic heterocycles. The Balaban J connectivity index is 1.61. The first kappa shape index (κ1) is 17.1. The van der Waals surface area contributed by atoms with Crippen molar-refractivity contribution in [1.29, 1.82) is 0 Å². The maximum Gasteiger partial charge on any atom is 0.300 e.